The fourth-order valence-electron chi connectivity index (χ4n) is 0.677. The van der Waals surface area contributed by atoms with Gasteiger partial charge >= 0.3 is 0 Å². The first-order chi connectivity index (χ1) is 6.60. The van der Waals surface area contributed by atoms with Crippen molar-refractivity contribution in [3.63, 3.8) is 0 Å². The lowest BCUT2D eigenvalue weighted by molar-refractivity contribution is 0.116. The zero-order valence-corrected chi connectivity index (χ0v) is 12.3. The van der Waals surface area contributed by atoms with Crippen molar-refractivity contribution in [2.24, 2.45) is 10.8 Å². The first kappa shape index (κ1) is 14.8. The summed E-state index contributed by atoms with van der Waals surface area (Å²) in [6, 6.07) is 0. The van der Waals surface area contributed by atoms with Crippen LogP contribution in [0.5, 0.6) is 0 Å². The minimum Gasteiger partial charge on any atom is -0.496 e. The van der Waals surface area contributed by atoms with Crippen molar-refractivity contribution in [2.75, 3.05) is 13.2 Å². The van der Waals surface area contributed by atoms with E-state index in [1.807, 2.05) is 0 Å². The van der Waals surface area contributed by atoms with Gasteiger partial charge in [-0.05, 0) is 26.8 Å². The number of hydrogen-bond donors (Lipinski definition) is 0. The summed E-state index contributed by atoms with van der Waals surface area (Å²) in [5.41, 5.74) is 0.338. The fraction of sp³-hybridized carbons (Fsp3) is 0.833. The minimum atomic E-state index is 0.164. The highest BCUT2D eigenvalue weighted by Gasteiger charge is 2.12. The van der Waals surface area contributed by atoms with Gasteiger partial charge in [-0.2, -0.15) is 0 Å². The predicted molar refractivity (Wildman–Crippen MR) is 67.8 cm³/mol. The lowest BCUT2D eigenvalue weighted by atomic mass is 9.99. The average molecular weight is 279 g/mol. The largest absolute Gasteiger partial charge is 0.496 e. The molecule has 0 aliphatic heterocycles. The Balaban J connectivity index is 3.81. The van der Waals surface area contributed by atoms with Gasteiger partial charge < -0.3 is 9.47 Å². The molecule has 15 heavy (non-hydrogen) atoms. The summed E-state index contributed by atoms with van der Waals surface area (Å²) in [5.74, 6) is 0. The molecule has 0 aliphatic carbocycles. The molecule has 0 unspecified atom stereocenters. The maximum Gasteiger partial charge on any atom is 0.196 e. The Bertz CT molecular complexity index is 209. The van der Waals surface area contributed by atoms with Gasteiger partial charge in [0.25, 0.3) is 0 Å². The SMILES string of the molecule is CC(C)(C)CO/C=C(/Br)OCC(C)(C)C. The molecule has 0 atom stereocenters. The van der Waals surface area contributed by atoms with Crippen LogP contribution < -0.4 is 0 Å². The van der Waals surface area contributed by atoms with E-state index in [1.165, 1.54) is 0 Å². The van der Waals surface area contributed by atoms with Gasteiger partial charge in [-0.15, -0.1) is 0 Å². The molecule has 0 spiro atoms. The molecule has 0 N–H and O–H groups in total. The van der Waals surface area contributed by atoms with Crippen LogP contribution in [-0.2, 0) is 9.47 Å². The van der Waals surface area contributed by atoms with Crippen LogP contribution in [-0.4, -0.2) is 13.2 Å². The summed E-state index contributed by atoms with van der Waals surface area (Å²) in [6.45, 7) is 14.1. The zero-order valence-electron chi connectivity index (χ0n) is 10.7. The summed E-state index contributed by atoms with van der Waals surface area (Å²) in [6.07, 6.45) is 1.62. The summed E-state index contributed by atoms with van der Waals surface area (Å²) < 4.78 is 11.5. The normalized spacial score (nSPS) is 13.9. The Morgan fingerprint density at radius 3 is 1.87 bits per heavy atom. The van der Waals surface area contributed by atoms with Crippen molar-refractivity contribution < 1.29 is 9.47 Å². The quantitative estimate of drug-likeness (QED) is 0.714. The molecule has 0 aliphatic rings. The van der Waals surface area contributed by atoms with Gasteiger partial charge in [-0.1, -0.05) is 41.5 Å². The summed E-state index contributed by atoms with van der Waals surface area (Å²) >= 11 is 3.31. The van der Waals surface area contributed by atoms with Gasteiger partial charge in [0.1, 0.15) is 6.26 Å². The van der Waals surface area contributed by atoms with Crippen LogP contribution in [0.2, 0.25) is 0 Å². The minimum absolute atomic E-state index is 0.164. The lowest BCUT2D eigenvalue weighted by Crippen LogP contribution is -2.14. The fourth-order valence-corrected chi connectivity index (χ4v) is 0.923. The molecule has 3 heteroatoms. The standard InChI is InChI=1S/C12H23BrO2/c1-11(2,3)8-14-7-10(13)15-9-12(4,5)6/h7H,8-9H2,1-6H3/b10-7-. The van der Waals surface area contributed by atoms with E-state index in [0.29, 0.717) is 17.9 Å². The van der Waals surface area contributed by atoms with Crippen LogP contribution in [0, 0.1) is 10.8 Å². The van der Waals surface area contributed by atoms with E-state index in [1.54, 1.807) is 6.26 Å². The second kappa shape index (κ2) is 5.78. The maximum absolute atomic E-state index is 5.47. The third-order valence-corrected chi connectivity index (χ3v) is 1.75. The number of rotatable bonds is 4. The average Bonchev–Trinajstić information content (AvgIpc) is 1.97. The van der Waals surface area contributed by atoms with Gasteiger partial charge in [0.2, 0.25) is 0 Å². The molecule has 0 saturated carbocycles. The first-order valence-electron chi connectivity index (χ1n) is 5.20. The zero-order chi connectivity index (χ0) is 12.1. The summed E-state index contributed by atoms with van der Waals surface area (Å²) in [4.78, 5) is 0. The molecule has 0 saturated heterocycles. The van der Waals surface area contributed by atoms with Crippen LogP contribution in [0.3, 0.4) is 0 Å². The second-order valence-electron chi connectivity index (χ2n) is 6.14. The van der Waals surface area contributed by atoms with E-state index in [-0.39, 0.29) is 10.8 Å². The van der Waals surface area contributed by atoms with Crippen molar-refractivity contribution in [2.45, 2.75) is 41.5 Å². The predicted octanol–water partition coefficient (Wildman–Crippen LogP) is 4.31. The molecule has 0 aromatic heterocycles. The number of hydrogen-bond acceptors (Lipinski definition) is 2. The van der Waals surface area contributed by atoms with Gasteiger partial charge in [0.15, 0.2) is 4.67 Å². The van der Waals surface area contributed by atoms with Crippen molar-refractivity contribution in [3.05, 3.63) is 10.9 Å². The molecule has 0 bridgehead atoms. The van der Waals surface area contributed by atoms with E-state index in [0.717, 1.165) is 0 Å². The molecular formula is C12H23BrO2. The van der Waals surface area contributed by atoms with Crippen LogP contribution in [0.4, 0.5) is 0 Å². The summed E-state index contributed by atoms with van der Waals surface area (Å²) in [5, 5.41) is 0. The summed E-state index contributed by atoms with van der Waals surface area (Å²) in [7, 11) is 0. The molecule has 2 nitrogen and oxygen atoms in total. The van der Waals surface area contributed by atoms with Crippen LogP contribution in [0.15, 0.2) is 10.9 Å². The Labute approximate surface area is 102 Å². The lowest BCUT2D eigenvalue weighted by Gasteiger charge is -2.19. The highest BCUT2D eigenvalue weighted by Crippen LogP contribution is 2.19. The molecule has 0 radical (unpaired) electrons. The van der Waals surface area contributed by atoms with Gasteiger partial charge in [-0.25, -0.2) is 0 Å². The van der Waals surface area contributed by atoms with Crippen molar-refractivity contribution in [1.29, 1.82) is 0 Å². The monoisotopic (exact) mass is 278 g/mol. The van der Waals surface area contributed by atoms with Gasteiger partial charge in [-0.3, -0.25) is 0 Å². The maximum atomic E-state index is 5.47. The smallest absolute Gasteiger partial charge is 0.196 e. The van der Waals surface area contributed by atoms with Crippen LogP contribution in [0.25, 0.3) is 0 Å². The van der Waals surface area contributed by atoms with Crippen LogP contribution >= 0.6 is 15.9 Å². The molecule has 0 rings (SSSR count). The van der Waals surface area contributed by atoms with E-state index in [2.05, 4.69) is 57.5 Å². The van der Waals surface area contributed by atoms with Crippen LogP contribution in [0.1, 0.15) is 41.5 Å². The molecular weight excluding hydrogens is 256 g/mol. The number of halogens is 1. The molecule has 0 aromatic rings. The Kier molecular flexibility index (Phi) is 5.71. The molecule has 0 fully saturated rings. The Morgan fingerprint density at radius 2 is 1.47 bits per heavy atom. The Morgan fingerprint density at radius 1 is 1.00 bits per heavy atom. The molecule has 90 valence electrons. The van der Waals surface area contributed by atoms with E-state index in [9.17, 15) is 0 Å². The molecule has 0 heterocycles. The van der Waals surface area contributed by atoms with Crippen molar-refractivity contribution in [1.82, 2.24) is 0 Å². The van der Waals surface area contributed by atoms with E-state index >= 15 is 0 Å². The first-order valence-corrected chi connectivity index (χ1v) is 5.99. The topological polar surface area (TPSA) is 18.5 Å². The van der Waals surface area contributed by atoms with Gasteiger partial charge in [0, 0.05) is 0 Å². The van der Waals surface area contributed by atoms with E-state index in [4.69, 9.17) is 9.47 Å². The molecule has 0 aromatic carbocycles. The third-order valence-electron chi connectivity index (χ3n) is 1.34. The highest BCUT2D eigenvalue weighted by molar-refractivity contribution is 9.11. The third kappa shape index (κ3) is 11.7. The number of ether oxygens (including phenoxy) is 2. The van der Waals surface area contributed by atoms with Crippen molar-refractivity contribution in [3.8, 4) is 0 Å². The van der Waals surface area contributed by atoms with E-state index < -0.39 is 0 Å². The second-order valence-corrected chi connectivity index (χ2v) is 6.92. The Hall–Kier alpha value is -0.180. The highest BCUT2D eigenvalue weighted by atomic mass is 79.9. The van der Waals surface area contributed by atoms with Crippen molar-refractivity contribution >= 4 is 15.9 Å². The van der Waals surface area contributed by atoms with Gasteiger partial charge in [0.05, 0.1) is 13.2 Å². The molecule has 0 amide bonds.